The van der Waals surface area contributed by atoms with E-state index in [1.165, 1.54) is 47.0 Å². The van der Waals surface area contributed by atoms with Crippen LogP contribution in [0.25, 0.3) is 0 Å². The highest BCUT2D eigenvalue weighted by Gasteiger charge is 2.33. The van der Waals surface area contributed by atoms with E-state index in [1.807, 2.05) is 13.8 Å². The van der Waals surface area contributed by atoms with Crippen LogP contribution in [0.5, 0.6) is 5.75 Å². The number of aliphatic hydroxyl groups is 1. The quantitative estimate of drug-likeness (QED) is 0.343. The van der Waals surface area contributed by atoms with Crippen LogP contribution in [0.1, 0.15) is 50.4 Å². The highest BCUT2D eigenvalue weighted by atomic mass is 32.2. The maximum atomic E-state index is 14.3. The number of rotatable bonds is 9. The summed E-state index contributed by atoms with van der Waals surface area (Å²) >= 11 is 0. The van der Waals surface area contributed by atoms with Crippen molar-refractivity contribution in [3.63, 3.8) is 0 Å². The van der Waals surface area contributed by atoms with Gasteiger partial charge in [-0.1, -0.05) is 25.1 Å². The fourth-order valence-corrected chi connectivity index (χ4v) is 7.51. The highest BCUT2D eigenvalue weighted by molar-refractivity contribution is 7.92. The van der Waals surface area contributed by atoms with E-state index in [-0.39, 0.29) is 52.9 Å². The number of carbonyl (C=O) groups is 1. The molecule has 0 saturated carbocycles. The fourth-order valence-electron chi connectivity index (χ4n) is 5.30. The molecule has 47 heavy (non-hydrogen) atoms. The van der Waals surface area contributed by atoms with Gasteiger partial charge in [0.15, 0.2) is 5.03 Å². The predicted octanol–water partition coefficient (Wildman–Crippen LogP) is 3.34. The number of anilines is 1. The number of aliphatic hydroxyl groups excluding tert-OH is 1. The first-order valence-corrected chi connectivity index (χ1v) is 18.5. The molecule has 2 N–H and O–H groups in total. The molecule has 1 amide bonds. The summed E-state index contributed by atoms with van der Waals surface area (Å²) in [5.41, 5.74) is 0.299. The molecule has 15 heteroatoms. The maximum absolute atomic E-state index is 14.3. The number of sulfonamides is 2. The number of amides is 1. The molecule has 1 aromatic heterocycles. The zero-order valence-corrected chi connectivity index (χ0v) is 29.1. The van der Waals surface area contributed by atoms with Crippen molar-refractivity contribution in [1.82, 2.24) is 18.8 Å². The third kappa shape index (κ3) is 9.11. The van der Waals surface area contributed by atoms with E-state index in [9.17, 15) is 26.7 Å². The van der Waals surface area contributed by atoms with Gasteiger partial charge in [0.05, 0.1) is 41.6 Å². The Morgan fingerprint density at radius 1 is 1.11 bits per heavy atom. The molecule has 1 aliphatic rings. The van der Waals surface area contributed by atoms with E-state index in [0.717, 1.165) is 6.42 Å². The van der Waals surface area contributed by atoms with E-state index < -0.39 is 38.1 Å². The lowest BCUT2D eigenvalue weighted by atomic mass is 10.0. The van der Waals surface area contributed by atoms with Crippen molar-refractivity contribution in [3.8, 4) is 5.75 Å². The third-order valence-electron chi connectivity index (χ3n) is 8.15. The Hall–Kier alpha value is -3.50. The molecule has 258 valence electrons. The number of likely N-dealkylation sites (N-methyl/N-ethyl adjacent to an activating group) is 1. The molecule has 1 aliphatic heterocycles. The van der Waals surface area contributed by atoms with Gasteiger partial charge in [-0.05, 0) is 63.4 Å². The summed E-state index contributed by atoms with van der Waals surface area (Å²) in [5.74, 6) is -0.564. The second kappa shape index (κ2) is 15.6. The van der Waals surface area contributed by atoms with Crippen molar-refractivity contribution < 1.29 is 36.2 Å². The SMILES string of the molecule is C[C@@H]1CCCCO[C@H](CN(C)S(=O)(=O)c2cn(C)cn2)[C@H](C)CN([C@H](C)CO)C(=O)c2cc(NS(=O)(=O)c3ccccc3)ccc2O1. The summed E-state index contributed by atoms with van der Waals surface area (Å²) in [6.07, 6.45) is 4.10. The Kier molecular flexibility index (Phi) is 12.1. The molecule has 0 aliphatic carbocycles. The van der Waals surface area contributed by atoms with Gasteiger partial charge in [-0.3, -0.25) is 9.52 Å². The van der Waals surface area contributed by atoms with Crippen LogP contribution in [-0.2, 0) is 31.8 Å². The minimum Gasteiger partial charge on any atom is -0.490 e. The first-order chi connectivity index (χ1) is 22.2. The molecule has 4 rings (SSSR count). The Morgan fingerprint density at radius 2 is 1.83 bits per heavy atom. The third-order valence-corrected chi connectivity index (χ3v) is 11.3. The normalized spacial score (nSPS) is 21.0. The van der Waals surface area contributed by atoms with E-state index in [1.54, 1.807) is 48.9 Å². The summed E-state index contributed by atoms with van der Waals surface area (Å²) < 4.78 is 70.6. The zero-order valence-electron chi connectivity index (χ0n) is 27.4. The molecular weight excluding hydrogens is 647 g/mol. The molecule has 0 spiro atoms. The number of hydrogen-bond donors (Lipinski definition) is 2. The summed E-state index contributed by atoms with van der Waals surface area (Å²) in [6, 6.07) is 11.8. The number of benzene rings is 2. The van der Waals surface area contributed by atoms with Gasteiger partial charge in [-0.2, -0.15) is 4.31 Å². The zero-order chi connectivity index (χ0) is 34.4. The largest absolute Gasteiger partial charge is 0.490 e. The Balaban J connectivity index is 1.68. The second-order valence-electron chi connectivity index (χ2n) is 12.1. The van der Waals surface area contributed by atoms with E-state index in [0.29, 0.717) is 25.2 Å². The highest BCUT2D eigenvalue weighted by Crippen LogP contribution is 2.30. The maximum Gasteiger partial charge on any atom is 0.261 e. The first kappa shape index (κ1) is 36.3. The van der Waals surface area contributed by atoms with Crippen molar-refractivity contribution in [2.75, 3.05) is 38.1 Å². The van der Waals surface area contributed by atoms with Gasteiger partial charge in [-0.25, -0.2) is 21.8 Å². The molecule has 0 radical (unpaired) electrons. The van der Waals surface area contributed by atoms with Gasteiger partial charge in [-0.15, -0.1) is 0 Å². The van der Waals surface area contributed by atoms with Crippen LogP contribution in [0.2, 0.25) is 0 Å². The molecule has 2 heterocycles. The van der Waals surface area contributed by atoms with Crippen LogP contribution >= 0.6 is 0 Å². The molecule has 4 atom stereocenters. The minimum atomic E-state index is -3.94. The fraction of sp³-hybridized carbons (Fsp3) is 0.500. The van der Waals surface area contributed by atoms with Crippen LogP contribution in [0.3, 0.4) is 0 Å². The molecule has 13 nitrogen and oxygen atoms in total. The Morgan fingerprint density at radius 3 is 2.49 bits per heavy atom. The Labute approximate surface area is 277 Å². The summed E-state index contributed by atoms with van der Waals surface area (Å²) in [5, 5.41) is 10.1. The van der Waals surface area contributed by atoms with Gasteiger partial charge in [0.25, 0.3) is 26.0 Å². The van der Waals surface area contributed by atoms with Crippen LogP contribution in [-0.4, -0.2) is 98.2 Å². The van der Waals surface area contributed by atoms with Crippen molar-refractivity contribution in [2.24, 2.45) is 13.0 Å². The first-order valence-electron chi connectivity index (χ1n) is 15.6. The van der Waals surface area contributed by atoms with Crippen LogP contribution in [0, 0.1) is 5.92 Å². The van der Waals surface area contributed by atoms with Crippen molar-refractivity contribution in [1.29, 1.82) is 0 Å². The van der Waals surface area contributed by atoms with Crippen molar-refractivity contribution >= 4 is 31.6 Å². The van der Waals surface area contributed by atoms with Gasteiger partial charge in [0.1, 0.15) is 5.75 Å². The number of nitrogens with zero attached hydrogens (tertiary/aromatic N) is 4. The number of carbonyl (C=O) groups excluding carboxylic acids is 1. The van der Waals surface area contributed by atoms with Crippen molar-refractivity contribution in [2.45, 2.75) is 68.2 Å². The molecule has 2 aromatic carbocycles. The van der Waals surface area contributed by atoms with Gasteiger partial charge in [0, 0.05) is 51.6 Å². The van der Waals surface area contributed by atoms with E-state index in [2.05, 4.69) is 9.71 Å². The minimum absolute atomic E-state index is 0.0110. The molecule has 0 bridgehead atoms. The number of ether oxygens (including phenoxy) is 2. The van der Waals surface area contributed by atoms with Gasteiger partial charge in [0.2, 0.25) is 0 Å². The summed E-state index contributed by atoms with van der Waals surface area (Å²) in [6.45, 7) is 5.62. The second-order valence-corrected chi connectivity index (χ2v) is 15.8. The molecule has 0 saturated heterocycles. The summed E-state index contributed by atoms with van der Waals surface area (Å²) in [4.78, 5) is 19.9. The number of aromatic nitrogens is 2. The lowest BCUT2D eigenvalue weighted by Gasteiger charge is -2.35. The van der Waals surface area contributed by atoms with E-state index >= 15 is 0 Å². The van der Waals surface area contributed by atoms with Gasteiger partial charge < -0.3 is 24.0 Å². The average molecular weight is 692 g/mol. The summed E-state index contributed by atoms with van der Waals surface area (Å²) in [7, 11) is -4.69. The van der Waals surface area contributed by atoms with Crippen LogP contribution < -0.4 is 9.46 Å². The number of hydrogen-bond acceptors (Lipinski definition) is 9. The van der Waals surface area contributed by atoms with E-state index in [4.69, 9.17) is 9.47 Å². The molecule has 0 unspecified atom stereocenters. The monoisotopic (exact) mass is 691 g/mol. The lowest BCUT2D eigenvalue weighted by molar-refractivity contribution is -0.00835. The van der Waals surface area contributed by atoms with Crippen LogP contribution in [0.4, 0.5) is 5.69 Å². The van der Waals surface area contributed by atoms with Crippen molar-refractivity contribution in [3.05, 3.63) is 66.6 Å². The average Bonchev–Trinajstić information content (AvgIpc) is 3.49. The predicted molar refractivity (Wildman–Crippen MR) is 177 cm³/mol. The molecule has 0 fully saturated rings. The molecular formula is C32H45N5O8S2. The molecule has 3 aromatic rings. The van der Waals surface area contributed by atoms with Crippen LogP contribution in [0.15, 0.2) is 71.0 Å². The Bertz CT molecular complexity index is 1720. The standard InChI is InChI=1S/C32H45N5O8S2/c1-23-18-37(24(2)21-38)32(39)28-17-26(34-46(40,41)27-12-7-6-8-13-27)14-15-29(28)45-25(3)11-9-10-16-44-30(23)19-36(5)47(42,43)31-20-35(4)22-33-31/h6-8,12-15,17,20,22-25,30,34,38H,9-11,16,18-19,21H2,1-5H3/t23-,24-,25-,30-/m1/s1. The number of nitrogens with one attached hydrogen (secondary N) is 1. The smallest absolute Gasteiger partial charge is 0.261 e. The number of aryl methyl sites for hydroxylation is 1. The lowest BCUT2D eigenvalue weighted by Crippen LogP contribution is -2.48. The number of imidazole rings is 1. The topological polar surface area (TPSA) is 160 Å². The van der Waals surface area contributed by atoms with Gasteiger partial charge >= 0.3 is 0 Å². The number of fused-ring (bicyclic) bond motifs is 1.